The summed E-state index contributed by atoms with van der Waals surface area (Å²) in [6.45, 7) is 0.628. The van der Waals surface area contributed by atoms with Gasteiger partial charge in [-0.3, -0.25) is 0 Å². The van der Waals surface area contributed by atoms with Crippen LogP contribution in [0.2, 0.25) is 0 Å². The fraction of sp³-hybridized carbons (Fsp3) is 0.222. The van der Waals surface area contributed by atoms with Gasteiger partial charge < -0.3 is 19.5 Å². The van der Waals surface area contributed by atoms with E-state index < -0.39 is 0 Å². The lowest BCUT2D eigenvalue weighted by Gasteiger charge is -2.14. The smallest absolute Gasteiger partial charge is 0.229 e. The molecule has 0 bridgehead atoms. The third-order valence-corrected chi connectivity index (χ3v) is 3.66. The first-order valence-corrected chi connectivity index (χ1v) is 7.51. The van der Waals surface area contributed by atoms with Gasteiger partial charge >= 0.3 is 0 Å². The minimum Gasteiger partial charge on any atom is -0.493 e. The molecule has 0 saturated carbocycles. The van der Waals surface area contributed by atoms with Crippen LogP contribution in [0.15, 0.2) is 42.5 Å². The van der Waals surface area contributed by atoms with Crippen LogP contribution in [0.3, 0.4) is 0 Å². The molecule has 0 amide bonds. The molecule has 124 valence electrons. The Morgan fingerprint density at radius 2 is 1.67 bits per heavy atom. The molecular weight excluding hydrogens is 306 g/mol. The van der Waals surface area contributed by atoms with E-state index in [1.54, 1.807) is 21.3 Å². The maximum absolute atomic E-state index is 5.46. The number of ether oxygens (including phenoxy) is 3. The molecule has 0 aliphatic rings. The quantitative estimate of drug-likeness (QED) is 0.750. The second-order valence-electron chi connectivity index (χ2n) is 5.09. The van der Waals surface area contributed by atoms with Gasteiger partial charge in [-0.25, -0.2) is 4.98 Å². The minimum atomic E-state index is 0.436. The molecule has 0 atom stereocenters. The standard InChI is InChI=1S/C18H19N3O3/c1-22-14-10-9-13-15(16(14)23-2)17(24-3)21-18(20-13)19-11-12-7-5-4-6-8-12/h4-10H,11H2,1-3H3,(H,19,20,21). The molecule has 6 nitrogen and oxygen atoms in total. The van der Waals surface area contributed by atoms with E-state index in [0.717, 1.165) is 11.1 Å². The van der Waals surface area contributed by atoms with Crippen LogP contribution in [0.1, 0.15) is 5.56 Å². The third kappa shape index (κ3) is 3.03. The molecule has 2 aromatic carbocycles. The molecule has 0 radical (unpaired) electrons. The van der Waals surface area contributed by atoms with E-state index in [9.17, 15) is 0 Å². The first-order valence-electron chi connectivity index (χ1n) is 7.51. The highest BCUT2D eigenvalue weighted by molar-refractivity contribution is 5.92. The van der Waals surface area contributed by atoms with E-state index in [1.807, 2.05) is 42.5 Å². The van der Waals surface area contributed by atoms with Crippen molar-refractivity contribution in [3.05, 3.63) is 48.0 Å². The van der Waals surface area contributed by atoms with Gasteiger partial charge in [-0.05, 0) is 17.7 Å². The summed E-state index contributed by atoms with van der Waals surface area (Å²) in [6, 6.07) is 13.7. The number of aromatic nitrogens is 2. The highest BCUT2D eigenvalue weighted by Crippen LogP contribution is 2.39. The first kappa shape index (κ1) is 15.9. The zero-order valence-electron chi connectivity index (χ0n) is 13.9. The summed E-state index contributed by atoms with van der Waals surface area (Å²) >= 11 is 0. The summed E-state index contributed by atoms with van der Waals surface area (Å²) in [7, 11) is 4.74. The third-order valence-electron chi connectivity index (χ3n) is 3.66. The number of nitrogens with zero attached hydrogens (tertiary/aromatic N) is 2. The molecule has 0 aliphatic carbocycles. The molecule has 0 fully saturated rings. The summed E-state index contributed by atoms with van der Waals surface area (Å²) in [5, 5.41) is 3.90. The summed E-state index contributed by atoms with van der Waals surface area (Å²) in [5.41, 5.74) is 1.86. The second-order valence-corrected chi connectivity index (χ2v) is 5.09. The van der Waals surface area contributed by atoms with Crippen molar-refractivity contribution in [1.29, 1.82) is 0 Å². The molecular formula is C18H19N3O3. The maximum Gasteiger partial charge on any atom is 0.229 e. The number of methoxy groups -OCH3 is 3. The maximum atomic E-state index is 5.46. The largest absolute Gasteiger partial charge is 0.493 e. The summed E-state index contributed by atoms with van der Waals surface area (Å²) < 4.78 is 16.2. The summed E-state index contributed by atoms with van der Waals surface area (Å²) in [4.78, 5) is 8.98. The summed E-state index contributed by atoms with van der Waals surface area (Å²) in [6.07, 6.45) is 0. The van der Waals surface area contributed by atoms with Gasteiger partial charge in [0.2, 0.25) is 11.8 Å². The van der Waals surface area contributed by atoms with Crippen LogP contribution in [0.5, 0.6) is 17.4 Å². The van der Waals surface area contributed by atoms with Crippen LogP contribution in [0.4, 0.5) is 5.95 Å². The SMILES string of the molecule is COc1ccc2nc(NCc3ccccc3)nc(OC)c2c1OC. The topological polar surface area (TPSA) is 65.5 Å². The fourth-order valence-electron chi connectivity index (χ4n) is 2.51. The Labute approximate surface area is 140 Å². The van der Waals surface area contributed by atoms with Crippen LogP contribution in [-0.4, -0.2) is 31.3 Å². The lowest BCUT2D eigenvalue weighted by atomic mass is 10.2. The Morgan fingerprint density at radius 1 is 0.875 bits per heavy atom. The molecule has 0 aliphatic heterocycles. The zero-order valence-corrected chi connectivity index (χ0v) is 13.9. The van der Waals surface area contributed by atoms with Crippen LogP contribution in [0, 0.1) is 0 Å². The van der Waals surface area contributed by atoms with E-state index in [-0.39, 0.29) is 0 Å². The van der Waals surface area contributed by atoms with E-state index in [4.69, 9.17) is 14.2 Å². The predicted molar refractivity (Wildman–Crippen MR) is 93.0 cm³/mol. The molecule has 1 N–H and O–H groups in total. The van der Waals surface area contributed by atoms with Gasteiger partial charge in [0.05, 0.1) is 26.8 Å². The molecule has 0 spiro atoms. The second kappa shape index (κ2) is 7.04. The van der Waals surface area contributed by atoms with Crippen molar-refractivity contribution < 1.29 is 14.2 Å². The number of fused-ring (bicyclic) bond motifs is 1. The minimum absolute atomic E-state index is 0.436. The Morgan fingerprint density at radius 3 is 2.33 bits per heavy atom. The van der Waals surface area contributed by atoms with E-state index >= 15 is 0 Å². The van der Waals surface area contributed by atoms with Gasteiger partial charge in [0, 0.05) is 6.54 Å². The predicted octanol–water partition coefficient (Wildman–Crippen LogP) is 3.27. The van der Waals surface area contributed by atoms with Crippen molar-refractivity contribution in [1.82, 2.24) is 9.97 Å². The zero-order chi connectivity index (χ0) is 16.9. The van der Waals surface area contributed by atoms with E-state index in [0.29, 0.717) is 35.3 Å². The van der Waals surface area contributed by atoms with Crippen LogP contribution < -0.4 is 19.5 Å². The molecule has 3 rings (SSSR count). The van der Waals surface area contributed by atoms with Crippen molar-refractivity contribution in [3.63, 3.8) is 0 Å². The average Bonchev–Trinajstić information content (AvgIpc) is 2.65. The van der Waals surface area contributed by atoms with Gasteiger partial charge in [-0.1, -0.05) is 30.3 Å². The Hall–Kier alpha value is -3.02. The molecule has 0 saturated heterocycles. The Bertz CT molecular complexity index is 838. The lowest BCUT2D eigenvalue weighted by Crippen LogP contribution is -2.05. The number of rotatable bonds is 6. The van der Waals surface area contributed by atoms with Crippen LogP contribution in [-0.2, 0) is 6.54 Å². The highest BCUT2D eigenvalue weighted by atomic mass is 16.5. The van der Waals surface area contributed by atoms with Gasteiger partial charge in [-0.15, -0.1) is 0 Å². The van der Waals surface area contributed by atoms with Crippen molar-refractivity contribution in [2.24, 2.45) is 0 Å². The first-order chi connectivity index (χ1) is 11.8. The van der Waals surface area contributed by atoms with Crippen LogP contribution >= 0.6 is 0 Å². The normalized spacial score (nSPS) is 10.5. The van der Waals surface area contributed by atoms with Crippen molar-refractivity contribution in [3.8, 4) is 17.4 Å². The molecule has 0 unspecified atom stereocenters. The van der Waals surface area contributed by atoms with E-state index in [1.165, 1.54) is 0 Å². The van der Waals surface area contributed by atoms with Gasteiger partial charge in [-0.2, -0.15) is 4.98 Å². The van der Waals surface area contributed by atoms with Gasteiger partial charge in [0.1, 0.15) is 5.39 Å². The van der Waals surface area contributed by atoms with Crippen LogP contribution in [0.25, 0.3) is 10.9 Å². The van der Waals surface area contributed by atoms with Crippen molar-refractivity contribution in [2.75, 3.05) is 26.6 Å². The number of hydrogen-bond acceptors (Lipinski definition) is 6. The Balaban J connectivity index is 1.99. The average molecular weight is 325 g/mol. The lowest BCUT2D eigenvalue weighted by molar-refractivity contribution is 0.355. The van der Waals surface area contributed by atoms with Crippen molar-refractivity contribution >= 4 is 16.9 Å². The monoisotopic (exact) mass is 325 g/mol. The Kier molecular flexibility index (Phi) is 4.65. The number of nitrogens with one attached hydrogen (secondary N) is 1. The van der Waals surface area contributed by atoms with Gasteiger partial charge in [0.25, 0.3) is 0 Å². The number of hydrogen-bond donors (Lipinski definition) is 1. The highest BCUT2D eigenvalue weighted by Gasteiger charge is 2.17. The number of benzene rings is 2. The summed E-state index contributed by atoms with van der Waals surface area (Å²) in [5.74, 6) is 2.10. The van der Waals surface area contributed by atoms with Gasteiger partial charge in [0.15, 0.2) is 11.5 Å². The molecule has 6 heteroatoms. The van der Waals surface area contributed by atoms with E-state index in [2.05, 4.69) is 15.3 Å². The molecule has 24 heavy (non-hydrogen) atoms. The fourth-order valence-corrected chi connectivity index (χ4v) is 2.51. The number of anilines is 1. The molecule has 1 heterocycles. The molecule has 1 aromatic heterocycles. The van der Waals surface area contributed by atoms with Crippen molar-refractivity contribution in [2.45, 2.75) is 6.54 Å². The molecule has 3 aromatic rings.